The van der Waals surface area contributed by atoms with Crippen molar-refractivity contribution < 1.29 is 19.4 Å². The summed E-state index contributed by atoms with van der Waals surface area (Å²) in [7, 11) is 3.22. The van der Waals surface area contributed by atoms with Crippen molar-refractivity contribution in [3.63, 3.8) is 0 Å². The van der Waals surface area contributed by atoms with Gasteiger partial charge in [0.1, 0.15) is 0 Å². The Labute approximate surface area is 178 Å². The first kappa shape index (κ1) is 22.1. The second-order valence-corrected chi connectivity index (χ2v) is 7.75. The first-order valence-electron chi connectivity index (χ1n) is 10.5. The van der Waals surface area contributed by atoms with Crippen LogP contribution in [0.25, 0.3) is 0 Å². The second kappa shape index (κ2) is 11.0. The summed E-state index contributed by atoms with van der Waals surface area (Å²) >= 11 is 0. The molecule has 0 spiro atoms. The molecule has 0 saturated carbocycles. The largest absolute Gasteiger partial charge is 0.493 e. The quantitative estimate of drug-likeness (QED) is 0.663. The Hall–Kier alpha value is -2.57. The van der Waals surface area contributed by atoms with Gasteiger partial charge >= 0.3 is 0 Å². The molecule has 0 bridgehead atoms. The molecule has 6 heteroatoms. The molecule has 2 N–H and O–H groups in total. The van der Waals surface area contributed by atoms with Gasteiger partial charge in [0.15, 0.2) is 11.5 Å². The highest BCUT2D eigenvalue weighted by atomic mass is 16.5. The van der Waals surface area contributed by atoms with Gasteiger partial charge in [-0.25, -0.2) is 0 Å². The Bertz CT molecular complexity index is 814. The summed E-state index contributed by atoms with van der Waals surface area (Å²) < 4.78 is 10.7. The van der Waals surface area contributed by atoms with Gasteiger partial charge in [0.2, 0.25) is 5.91 Å². The number of nitrogens with zero attached hydrogens (tertiary/aromatic N) is 1. The van der Waals surface area contributed by atoms with Gasteiger partial charge in [-0.2, -0.15) is 0 Å². The monoisotopic (exact) mass is 412 g/mol. The third-order valence-electron chi connectivity index (χ3n) is 5.58. The fourth-order valence-electron chi connectivity index (χ4n) is 3.79. The van der Waals surface area contributed by atoms with Crippen LogP contribution in [0, 0.1) is 0 Å². The Morgan fingerprint density at radius 2 is 1.77 bits per heavy atom. The number of rotatable bonds is 9. The van der Waals surface area contributed by atoms with Crippen LogP contribution in [-0.4, -0.2) is 49.3 Å². The molecule has 162 valence electrons. The number of aliphatic hydroxyl groups excluding tert-OH is 1. The number of likely N-dealkylation sites (tertiary alicyclic amines) is 1. The maximum Gasteiger partial charge on any atom is 0.220 e. The number of benzene rings is 2. The van der Waals surface area contributed by atoms with Crippen molar-refractivity contribution in [1.29, 1.82) is 0 Å². The second-order valence-electron chi connectivity index (χ2n) is 7.75. The van der Waals surface area contributed by atoms with Crippen molar-refractivity contribution in [2.45, 2.75) is 44.9 Å². The zero-order valence-electron chi connectivity index (χ0n) is 17.9. The standard InChI is InChI=1S/C24H32N2O4/c1-29-22-5-3-4-20(24(22)30-2)10-11-23(28)25-16-18-6-8-19(9-7-18)17-26-14-12-21(27)13-15-26/h3-9,21,27H,10-17H2,1-2H3,(H,25,28). The summed E-state index contributed by atoms with van der Waals surface area (Å²) in [5, 5.41) is 12.6. The molecule has 6 nitrogen and oxygen atoms in total. The molecule has 3 rings (SSSR count). The molecule has 1 amide bonds. The van der Waals surface area contributed by atoms with Crippen LogP contribution in [0.1, 0.15) is 36.0 Å². The Morgan fingerprint density at radius 3 is 2.43 bits per heavy atom. The van der Waals surface area contributed by atoms with Crippen molar-refractivity contribution >= 4 is 5.91 Å². The van der Waals surface area contributed by atoms with Gasteiger partial charge in [0.25, 0.3) is 0 Å². The van der Waals surface area contributed by atoms with Gasteiger partial charge in [-0.15, -0.1) is 0 Å². The fourth-order valence-corrected chi connectivity index (χ4v) is 3.79. The van der Waals surface area contributed by atoms with E-state index >= 15 is 0 Å². The van der Waals surface area contributed by atoms with Crippen LogP contribution in [0.3, 0.4) is 0 Å². The van der Waals surface area contributed by atoms with Crippen LogP contribution in [0.15, 0.2) is 42.5 Å². The maximum absolute atomic E-state index is 12.3. The molecule has 1 saturated heterocycles. The summed E-state index contributed by atoms with van der Waals surface area (Å²) in [5.41, 5.74) is 3.30. The number of carbonyl (C=O) groups is 1. The van der Waals surface area contributed by atoms with E-state index in [1.165, 1.54) is 5.56 Å². The van der Waals surface area contributed by atoms with Crippen LogP contribution < -0.4 is 14.8 Å². The van der Waals surface area contributed by atoms with Gasteiger partial charge in [-0.1, -0.05) is 36.4 Å². The SMILES string of the molecule is COc1cccc(CCC(=O)NCc2ccc(CN3CCC(O)CC3)cc2)c1OC. The summed E-state index contributed by atoms with van der Waals surface area (Å²) in [4.78, 5) is 14.7. The highest BCUT2D eigenvalue weighted by Gasteiger charge is 2.16. The molecule has 1 aliphatic heterocycles. The van der Waals surface area contributed by atoms with Gasteiger partial charge in [-0.05, 0) is 42.0 Å². The Kier molecular flexibility index (Phi) is 8.11. The number of para-hydroxylation sites is 1. The van der Waals surface area contributed by atoms with Gasteiger partial charge in [0.05, 0.1) is 20.3 Å². The molecular formula is C24H32N2O4. The number of carbonyl (C=O) groups excluding carboxylic acids is 1. The summed E-state index contributed by atoms with van der Waals surface area (Å²) in [5.74, 6) is 1.37. The van der Waals surface area contributed by atoms with Crippen molar-refractivity contribution in [1.82, 2.24) is 10.2 Å². The number of hydrogen-bond acceptors (Lipinski definition) is 5. The fraction of sp³-hybridized carbons (Fsp3) is 0.458. The highest BCUT2D eigenvalue weighted by Crippen LogP contribution is 2.31. The molecule has 1 heterocycles. The number of piperidine rings is 1. The lowest BCUT2D eigenvalue weighted by Crippen LogP contribution is -2.35. The molecule has 30 heavy (non-hydrogen) atoms. The van der Waals surface area contributed by atoms with E-state index in [2.05, 4.69) is 34.5 Å². The Morgan fingerprint density at radius 1 is 1.07 bits per heavy atom. The van der Waals surface area contributed by atoms with E-state index in [0.717, 1.165) is 43.6 Å². The topological polar surface area (TPSA) is 71.0 Å². The molecule has 0 unspecified atom stereocenters. The number of hydrogen-bond donors (Lipinski definition) is 2. The first-order valence-corrected chi connectivity index (χ1v) is 10.5. The molecule has 0 atom stereocenters. The van der Waals surface area contributed by atoms with Gasteiger partial charge < -0.3 is 19.9 Å². The molecule has 2 aromatic carbocycles. The van der Waals surface area contributed by atoms with Crippen molar-refractivity contribution in [2.75, 3.05) is 27.3 Å². The zero-order valence-corrected chi connectivity index (χ0v) is 17.9. The van der Waals surface area contributed by atoms with Crippen LogP contribution >= 0.6 is 0 Å². The van der Waals surface area contributed by atoms with E-state index in [0.29, 0.717) is 30.9 Å². The number of methoxy groups -OCH3 is 2. The number of aliphatic hydroxyl groups is 1. The van der Waals surface area contributed by atoms with E-state index in [-0.39, 0.29) is 12.0 Å². The van der Waals surface area contributed by atoms with Crippen LogP contribution in [-0.2, 0) is 24.3 Å². The number of amides is 1. The molecule has 0 aromatic heterocycles. The molecule has 1 aliphatic rings. The summed E-state index contributed by atoms with van der Waals surface area (Å²) in [6, 6.07) is 14.1. The highest BCUT2D eigenvalue weighted by molar-refractivity contribution is 5.76. The maximum atomic E-state index is 12.3. The van der Waals surface area contributed by atoms with E-state index in [1.807, 2.05) is 18.2 Å². The molecular weight excluding hydrogens is 380 g/mol. The average molecular weight is 413 g/mol. The lowest BCUT2D eigenvalue weighted by Gasteiger charge is -2.29. The minimum absolute atomic E-state index is 0.0100. The molecule has 0 radical (unpaired) electrons. The van der Waals surface area contributed by atoms with Crippen LogP contribution in [0.2, 0.25) is 0 Å². The van der Waals surface area contributed by atoms with Gasteiger partial charge in [0, 0.05) is 32.6 Å². The molecule has 2 aromatic rings. The third-order valence-corrected chi connectivity index (χ3v) is 5.58. The first-order chi connectivity index (χ1) is 14.6. The molecule has 1 fully saturated rings. The van der Waals surface area contributed by atoms with E-state index in [1.54, 1.807) is 14.2 Å². The van der Waals surface area contributed by atoms with E-state index in [4.69, 9.17) is 9.47 Å². The predicted molar refractivity (Wildman–Crippen MR) is 117 cm³/mol. The lowest BCUT2D eigenvalue weighted by molar-refractivity contribution is -0.121. The van der Waals surface area contributed by atoms with Crippen molar-refractivity contribution in [3.05, 3.63) is 59.2 Å². The number of nitrogens with one attached hydrogen (secondary N) is 1. The van der Waals surface area contributed by atoms with Crippen molar-refractivity contribution in [2.24, 2.45) is 0 Å². The summed E-state index contributed by atoms with van der Waals surface area (Å²) in [6.45, 7) is 3.31. The third kappa shape index (κ3) is 6.21. The lowest BCUT2D eigenvalue weighted by atomic mass is 10.1. The average Bonchev–Trinajstić information content (AvgIpc) is 2.78. The van der Waals surface area contributed by atoms with Gasteiger partial charge in [-0.3, -0.25) is 9.69 Å². The smallest absolute Gasteiger partial charge is 0.220 e. The number of ether oxygens (including phenoxy) is 2. The Balaban J connectivity index is 1.44. The van der Waals surface area contributed by atoms with Crippen LogP contribution in [0.5, 0.6) is 11.5 Å². The zero-order chi connectivity index (χ0) is 21.3. The van der Waals surface area contributed by atoms with Crippen molar-refractivity contribution in [3.8, 4) is 11.5 Å². The van der Waals surface area contributed by atoms with Crippen LogP contribution in [0.4, 0.5) is 0 Å². The normalized spacial score (nSPS) is 15.0. The minimum atomic E-state index is -0.141. The summed E-state index contributed by atoms with van der Waals surface area (Å²) in [6.07, 6.45) is 2.55. The minimum Gasteiger partial charge on any atom is -0.493 e. The van der Waals surface area contributed by atoms with E-state index in [9.17, 15) is 9.90 Å². The predicted octanol–water partition coefficient (Wildman–Crippen LogP) is 2.91. The molecule has 0 aliphatic carbocycles. The number of aryl methyl sites for hydroxylation is 1. The van der Waals surface area contributed by atoms with E-state index < -0.39 is 0 Å².